The van der Waals surface area contributed by atoms with Crippen LogP contribution in [0, 0.1) is 17.8 Å². The number of hydrogen-bond acceptors (Lipinski definition) is 8. The fourth-order valence-electron chi connectivity index (χ4n) is 8.08. The van der Waals surface area contributed by atoms with E-state index in [9.17, 15) is 24.3 Å². The zero-order chi connectivity index (χ0) is 37.9. The van der Waals surface area contributed by atoms with Crippen molar-refractivity contribution in [3.63, 3.8) is 0 Å². The first kappa shape index (κ1) is 39.2. The van der Waals surface area contributed by atoms with Gasteiger partial charge in [0.05, 0.1) is 43.7 Å². The summed E-state index contributed by atoms with van der Waals surface area (Å²) in [5.74, 6) is -3.37. The lowest BCUT2D eigenvalue weighted by Gasteiger charge is -2.40. The van der Waals surface area contributed by atoms with Gasteiger partial charge in [-0.05, 0) is 55.5 Å². The molecule has 0 radical (unpaired) electrons. The van der Waals surface area contributed by atoms with Crippen molar-refractivity contribution in [2.45, 2.75) is 80.8 Å². The number of aliphatic hydroxyl groups is 1. The van der Waals surface area contributed by atoms with Crippen LogP contribution in [0.5, 0.6) is 5.75 Å². The number of esters is 1. The van der Waals surface area contributed by atoms with Gasteiger partial charge in [0.25, 0.3) is 5.91 Å². The molecule has 0 aromatic heterocycles. The number of alkyl halides is 1. The molecule has 2 aromatic carbocycles. The van der Waals surface area contributed by atoms with E-state index < -0.39 is 72.2 Å². The molecule has 5 rings (SSSR count). The minimum Gasteiger partial charge on any atom is -0.497 e. The van der Waals surface area contributed by atoms with E-state index in [1.165, 1.54) is 4.90 Å². The van der Waals surface area contributed by atoms with Gasteiger partial charge in [-0.25, -0.2) is 0 Å². The van der Waals surface area contributed by atoms with Crippen molar-refractivity contribution in [1.29, 1.82) is 0 Å². The molecule has 3 aliphatic heterocycles. The number of nitrogens with zero attached hydrogens (tertiary/aromatic N) is 3. The third-order valence-corrected chi connectivity index (χ3v) is 11.7. The maximum atomic E-state index is 15.0. The lowest BCUT2D eigenvalue weighted by Crippen LogP contribution is -2.60. The number of benzene rings is 2. The summed E-state index contributed by atoms with van der Waals surface area (Å²) in [6, 6.07) is 13.7. The van der Waals surface area contributed by atoms with Gasteiger partial charge in [-0.15, -0.1) is 13.2 Å². The van der Waals surface area contributed by atoms with Crippen LogP contribution < -0.4 is 9.64 Å². The molecule has 3 heterocycles. The van der Waals surface area contributed by atoms with E-state index >= 15 is 0 Å². The number of likely N-dealkylation sites (tertiary alicyclic amines) is 1. The monoisotopic (exact) mass is 779 g/mol. The average Bonchev–Trinajstić information content (AvgIpc) is 3.74. The molecular weight excluding hydrogens is 730 g/mol. The number of carbonyl (C=O) groups is 4. The molecule has 11 nitrogen and oxygen atoms in total. The number of fused-ring (bicyclic) bond motifs is 1. The van der Waals surface area contributed by atoms with E-state index in [0.29, 0.717) is 23.4 Å². The zero-order valence-corrected chi connectivity index (χ0v) is 32.1. The quantitative estimate of drug-likeness (QED) is 0.142. The van der Waals surface area contributed by atoms with Crippen LogP contribution in [0.4, 0.5) is 5.69 Å². The minimum absolute atomic E-state index is 0.125. The molecule has 1 spiro atoms. The van der Waals surface area contributed by atoms with Gasteiger partial charge in [0, 0.05) is 30.5 Å². The third kappa shape index (κ3) is 7.04. The van der Waals surface area contributed by atoms with E-state index in [-0.39, 0.29) is 36.0 Å². The number of aliphatic hydroxyl groups excluding tert-OH is 1. The summed E-state index contributed by atoms with van der Waals surface area (Å²) in [5, 5.41) is 10.7. The average molecular weight is 781 g/mol. The predicted molar refractivity (Wildman–Crippen MR) is 201 cm³/mol. The number of allylic oxidation sites excluding steroid dienone is 1. The molecule has 3 fully saturated rings. The Morgan fingerprint density at radius 1 is 1.10 bits per heavy atom. The van der Waals surface area contributed by atoms with Gasteiger partial charge < -0.3 is 34.0 Å². The zero-order valence-electron chi connectivity index (χ0n) is 30.5. The van der Waals surface area contributed by atoms with Gasteiger partial charge in [0.2, 0.25) is 11.8 Å². The summed E-state index contributed by atoms with van der Waals surface area (Å²) in [6.07, 6.45) is 2.71. The SMILES string of the molecule is C=CCCC(=O)N(C)[C@@H](C)[C@@H](OC(=O)[C@@H]1[C@H]2O[C@@]3(CC2Br)[C@H](C(=O)N(CC=C)c2ccc(OC)cc2)N([C@@H](CO)C(C)C)C(=O)[C@@H]13)c1ccccc1. The number of rotatable bonds is 16. The molecule has 1 unspecified atom stereocenters. The first-order valence-corrected chi connectivity index (χ1v) is 18.7. The first-order valence-electron chi connectivity index (χ1n) is 17.8. The Hall–Kier alpha value is -4.00. The number of ether oxygens (including phenoxy) is 3. The largest absolute Gasteiger partial charge is 0.497 e. The van der Waals surface area contributed by atoms with E-state index in [2.05, 4.69) is 29.1 Å². The van der Waals surface area contributed by atoms with Gasteiger partial charge in [-0.2, -0.15) is 0 Å². The number of carbonyl (C=O) groups excluding carboxylic acids is 4. The van der Waals surface area contributed by atoms with Crippen molar-refractivity contribution >= 4 is 45.3 Å². The lowest BCUT2D eigenvalue weighted by molar-refractivity contribution is -0.165. The molecule has 3 saturated heterocycles. The Labute approximate surface area is 314 Å². The molecule has 12 heteroatoms. The Kier molecular flexibility index (Phi) is 12.3. The van der Waals surface area contributed by atoms with Crippen LogP contribution in [0.15, 0.2) is 79.9 Å². The second-order valence-corrected chi connectivity index (χ2v) is 15.4. The molecular formula is C40H50BrN3O8. The van der Waals surface area contributed by atoms with E-state index in [4.69, 9.17) is 14.2 Å². The van der Waals surface area contributed by atoms with Crippen LogP contribution >= 0.6 is 15.9 Å². The summed E-state index contributed by atoms with van der Waals surface area (Å²) >= 11 is 3.74. The van der Waals surface area contributed by atoms with E-state index in [0.717, 1.165) is 0 Å². The van der Waals surface area contributed by atoms with Gasteiger partial charge in [-0.3, -0.25) is 19.2 Å². The Morgan fingerprint density at radius 2 is 1.77 bits per heavy atom. The number of anilines is 1. The van der Waals surface area contributed by atoms with Gasteiger partial charge in [-0.1, -0.05) is 72.3 Å². The molecule has 9 atom stereocenters. The summed E-state index contributed by atoms with van der Waals surface area (Å²) in [5.41, 5.74) is -0.141. The predicted octanol–water partition coefficient (Wildman–Crippen LogP) is 5.08. The second kappa shape index (κ2) is 16.3. The van der Waals surface area contributed by atoms with E-state index in [1.54, 1.807) is 60.4 Å². The maximum Gasteiger partial charge on any atom is 0.313 e. The Balaban J connectivity index is 1.55. The number of halogens is 1. The molecule has 3 aliphatic rings. The topological polar surface area (TPSA) is 126 Å². The van der Waals surface area contributed by atoms with Crippen molar-refractivity contribution in [2.24, 2.45) is 17.8 Å². The second-order valence-electron chi connectivity index (χ2n) is 14.2. The fourth-order valence-corrected chi connectivity index (χ4v) is 9.02. The van der Waals surface area contributed by atoms with Crippen LogP contribution in [-0.2, 0) is 28.7 Å². The lowest BCUT2D eigenvalue weighted by atomic mass is 9.70. The minimum atomic E-state index is -1.39. The van der Waals surface area contributed by atoms with Crippen LogP contribution in [0.25, 0.3) is 0 Å². The summed E-state index contributed by atoms with van der Waals surface area (Å²) < 4.78 is 18.4. The molecule has 280 valence electrons. The van der Waals surface area contributed by atoms with Gasteiger partial charge in [0.15, 0.2) is 0 Å². The highest BCUT2D eigenvalue weighted by molar-refractivity contribution is 9.09. The molecule has 52 heavy (non-hydrogen) atoms. The van der Waals surface area contributed by atoms with Crippen molar-refractivity contribution in [1.82, 2.24) is 9.80 Å². The smallest absolute Gasteiger partial charge is 0.313 e. The number of methoxy groups -OCH3 is 1. The van der Waals surface area contributed by atoms with Crippen molar-refractivity contribution < 1.29 is 38.5 Å². The fraction of sp³-hybridized carbons (Fsp3) is 0.500. The third-order valence-electron chi connectivity index (χ3n) is 10.9. The standard InChI is InChI=1S/C40H50BrN3O8/c1-8-10-16-31(46)42(6)25(5)34(26-14-12-11-13-15-26)51-39(49)32-33-37(47)44(30(23-45)24(3)4)36(40(33)22-29(41)35(32)52-40)38(48)43(21-9-2)27-17-19-28(50-7)20-18-27/h8-9,11-15,17-20,24-25,29-30,32-36,45H,1-2,10,16,21-23H2,3-7H3/t25-,29?,30-,32-,33+,34+,35-,36-,40+/m0/s1. The number of likely N-dealkylation sites (N-methyl/N-ethyl adjacent to an activating group) is 1. The first-order chi connectivity index (χ1) is 24.9. The maximum absolute atomic E-state index is 15.0. The molecule has 2 aromatic rings. The Bertz CT molecular complexity index is 1640. The van der Waals surface area contributed by atoms with E-state index in [1.807, 2.05) is 51.1 Å². The van der Waals surface area contributed by atoms with Gasteiger partial charge >= 0.3 is 5.97 Å². The highest BCUT2D eigenvalue weighted by Crippen LogP contribution is 2.61. The molecule has 1 N–H and O–H groups in total. The van der Waals surface area contributed by atoms with Crippen LogP contribution in [0.2, 0.25) is 0 Å². The number of amides is 3. The van der Waals surface area contributed by atoms with Gasteiger partial charge in [0.1, 0.15) is 23.5 Å². The molecule has 0 saturated carbocycles. The Morgan fingerprint density at radius 3 is 2.35 bits per heavy atom. The van der Waals surface area contributed by atoms with Crippen LogP contribution in [-0.4, -0.2) is 101 Å². The van der Waals surface area contributed by atoms with Crippen molar-refractivity contribution in [3.05, 3.63) is 85.5 Å². The molecule has 0 aliphatic carbocycles. The molecule has 2 bridgehead atoms. The summed E-state index contributed by atoms with van der Waals surface area (Å²) in [6.45, 7) is 12.9. The van der Waals surface area contributed by atoms with Crippen molar-refractivity contribution in [3.8, 4) is 5.75 Å². The normalized spacial score (nSPS) is 26.3. The number of hydrogen-bond donors (Lipinski definition) is 1. The molecule has 3 amide bonds. The van der Waals surface area contributed by atoms with Crippen molar-refractivity contribution in [2.75, 3.05) is 32.2 Å². The van der Waals surface area contributed by atoms with Crippen LogP contribution in [0.3, 0.4) is 0 Å². The van der Waals surface area contributed by atoms with Crippen LogP contribution in [0.1, 0.15) is 51.7 Å². The summed E-state index contributed by atoms with van der Waals surface area (Å²) in [7, 11) is 3.23. The highest BCUT2D eigenvalue weighted by Gasteiger charge is 2.77. The summed E-state index contributed by atoms with van der Waals surface area (Å²) in [4.78, 5) is 61.7. The highest BCUT2D eigenvalue weighted by atomic mass is 79.9.